The average molecular weight is 206 g/mol. The molecule has 1 aromatic carbocycles. The molecule has 82 valence electrons. The SMILES string of the molecule is CCN(CC)CC(=O)c1cccc(N)c1. The van der Waals surface area contributed by atoms with Crippen molar-refractivity contribution in [2.45, 2.75) is 13.8 Å². The number of nitrogen functional groups attached to an aromatic ring is 1. The first kappa shape index (κ1) is 11.7. The summed E-state index contributed by atoms with van der Waals surface area (Å²) in [6, 6.07) is 7.13. The normalized spacial score (nSPS) is 10.6. The summed E-state index contributed by atoms with van der Waals surface area (Å²) < 4.78 is 0. The van der Waals surface area contributed by atoms with Gasteiger partial charge in [-0.05, 0) is 25.2 Å². The van der Waals surface area contributed by atoms with Crippen molar-refractivity contribution in [3.63, 3.8) is 0 Å². The Morgan fingerprint density at radius 1 is 1.33 bits per heavy atom. The Bertz CT molecular complexity index is 332. The van der Waals surface area contributed by atoms with Crippen LogP contribution in [0.3, 0.4) is 0 Å². The molecule has 0 saturated heterocycles. The highest BCUT2D eigenvalue weighted by molar-refractivity contribution is 5.98. The van der Waals surface area contributed by atoms with Crippen LogP contribution >= 0.6 is 0 Å². The summed E-state index contributed by atoms with van der Waals surface area (Å²) in [7, 11) is 0. The van der Waals surface area contributed by atoms with Gasteiger partial charge in [0.1, 0.15) is 0 Å². The molecule has 0 aromatic heterocycles. The van der Waals surface area contributed by atoms with Gasteiger partial charge in [-0.25, -0.2) is 0 Å². The minimum Gasteiger partial charge on any atom is -0.399 e. The largest absolute Gasteiger partial charge is 0.399 e. The number of anilines is 1. The second-order valence-electron chi connectivity index (χ2n) is 3.51. The molecule has 0 aliphatic rings. The van der Waals surface area contributed by atoms with Gasteiger partial charge in [-0.1, -0.05) is 26.0 Å². The van der Waals surface area contributed by atoms with E-state index in [-0.39, 0.29) is 5.78 Å². The molecule has 0 radical (unpaired) electrons. The lowest BCUT2D eigenvalue weighted by atomic mass is 10.1. The lowest BCUT2D eigenvalue weighted by Crippen LogP contribution is -2.29. The highest BCUT2D eigenvalue weighted by Crippen LogP contribution is 2.07. The fourth-order valence-electron chi connectivity index (χ4n) is 1.45. The lowest BCUT2D eigenvalue weighted by molar-refractivity contribution is 0.0937. The molecule has 0 amide bonds. The summed E-state index contributed by atoms with van der Waals surface area (Å²) >= 11 is 0. The molecule has 3 nitrogen and oxygen atoms in total. The van der Waals surface area contributed by atoms with E-state index < -0.39 is 0 Å². The van der Waals surface area contributed by atoms with Crippen LogP contribution in [-0.4, -0.2) is 30.3 Å². The molecule has 0 aliphatic carbocycles. The van der Waals surface area contributed by atoms with Gasteiger partial charge < -0.3 is 5.73 Å². The number of carbonyl (C=O) groups is 1. The summed E-state index contributed by atoms with van der Waals surface area (Å²) in [5.74, 6) is 0.131. The zero-order valence-electron chi connectivity index (χ0n) is 9.36. The van der Waals surface area contributed by atoms with E-state index in [0.29, 0.717) is 17.8 Å². The van der Waals surface area contributed by atoms with E-state index in [0.717, 1.165) is 13.1 Å². The molecular weight excluding hydrogens is 188 g/mol. The number of Topliss-reactive ketones (excluding diaryl/α,β-unsaturated/α-hetero) is 1. The molecule has 0 spiro atoms. The summed E-state index contributed by atoms with van der Waals surface area (Å²) in [5, 5.41) is 0. The Kier molecular flexibility index (Phi) is 4.31. The van der Waals surface area contributed by atoms with E-state index in [1.165, 1.54) is 0 Å². The predicted molar refractivity (Wildman–Crippen MR) is 63.0 cm³/mol. The van der Waals surface area contributed by atoms with E-state index >= 15 is 0 Å². The first-order valence-electron chi connectivity index (χ1n) is 5.28. The Morgan fingerprint density at radius 2 is 2.00 bits per heavy atom. The molecule has 3 heteroatoms. The topological polar surface area (TPSA) is 46.3 Å². The van der Waals surface area contributed by atoms with Crippen LogP contribution < -0.4 is 5.73 Å². The molecule has 0 fully saturated rings. The predicted octanol–water partition coefficient (Wildman–Crippen LogP) is 1.79. The van der Waals surface area contributed by atoms with E-state index in [1.807, 2.05) is 12.1 Å². The van der Waals surface area contributed by atoms with Crippen LogP contribution in [0.4, 0.5) is 5.69 Å². The molecule has 0 atom stereocenters. The van der Waals surface area contributed by atoms with Gasteiger partial charge in [0, 0.05) is 11.3 Å². The smallest absolute Gasteiger partial charge is 0.176 e. The Balaban J connectivity index is 2.68. The van der Waals surface area contributed by atoms with Crippen molar-refractivity contribution in [3.05, 3.63) is 29.8 Å². The van der Waals surface area contributed by atoms with Gasteiger partial charge in [0.2, 0.25) is 0 Å². The zero-order chi connectivity index (χ0) is 11.3. The third-order valence-electron chi connectivity index (χ3n) is 2.47. The number of nitrogens with two attached hydrogens (primary N) is 1. The number of benzene rings is 1. The maximum atomic E-state index is 11.8. The van der Waals surface area contributed by atoms with Crippen molar-refractivity contribution in [3.8, 4) is 0 Å². The van der Waals surface area contributed by atoms with E-state index in [4.69, 9.17) is 5.73 Å². The molecule has 15 heavy (non-hydrogen) atoms. The van der Waals surface area contributed by atoms with E-state index in [9.17, 15) is 4.79 Å². The van der Waals surface area contributed by atoms with Crippen molar-refractivity contribution < 1.29 is 4.79 Å². The average Bonchev–Trinajstić information content (AvgIpc) is 2.25. The van der Waals surface area contributed by atoms with E-state index in [1.54, 1.807) is 12.1 Å². The molecule has 0 heterocycles. The van der Waals surface area contributed by atoms with Crippen LogP contribution in [0.25, 0.3) is 0 Å². The summed E-state index contributed by atoms with van der Waals surface area (Å²) in [6.07, 6.45) is 0. The first-order valence-corrected chi connectivity index (χ1v) is 5.28. The maximum absolute atomic E-state index is 11.8. The zero-order valence-corrected chi connectivity index (χ0v) is 9.36. The minimum atomic E-state index is 0.131. The molecular formula is C12H18N2O. The van der Waals surface area contributed by atoms with Gasteiger partial charge >= 0.3 is 0 Å². The van der Waals surface area contributed by atoms with E-state index in [2.05, 4.69) is 18.7 Å². The Hall–Kier alpha value is -1.35. The maximum Gasteiger partial charge on any atom is 0.176 e. The lowest BCUT2D eigenvalue weighted by Gasteiger charge is -2.16. The number of hydrogen-bond acceptors (Lipinski definition) is 3. The molecule has 0 bridgehead atoms. The van der Waals surface area contributed by atoms with Crippen molar-refractivity contribution in [2.75, 3.05) is 25.4 Å². The summed E-state index contributed by atoms with van der Waals surface area (Å²) in [4.78, 5) is 13.9. The molecule has 0 saturated carbocycles. The van der Waals surface area contributed by atoms with Crippen LogP contribution in [0.2, 0.25) is 0 Å². The molecule has 1 aromatic rings. The number of nitrogens with zero attached hydrogens (tertiary/aromatic N) is 1. The van der Waals surface area contributed by atoms with Crippen molar-refractivity contribution in [1.82, 2.24) is 4.90 Å². The van der Waals surface area contributed by atoms with Gasteiger partial charge in [0.05, 0.1) is 6.54 Å². The van der Waals surface area contributed by atoms with Crippen molar-refractivity contribution in [2.24, 2.45) is 0 Å². The third-order valence-corrected chi connectivity index (χ3v) is 2.47. The van der Waals surface area contributed by atoms with Gasteiger partial charge in [0.15, 0.2) is 5.78 Å². The standard InChI is InChI=1S/C12H18N2O/c1-3-14(4-2)9-12(15)10-6-5-7-11(13)8-10/h5-8H,3-4,9,13H2,1-2H3. The monoisotopic (exact) mass is 206 g/mol. The highest BCUT2D eigenvalue weighted by Gasteiger charge is 2.09. The van der Waals surface area contributed by atoms with Crippen LogP contribution in [0.15, 0.2) is 24.3 Å². The summed E-state index contributed by atoms with van der Waals surface area (Å²) in [6.45, 7) is 6.36. The summed E-state index contributed by atoms with van der Waals surface area (Å²) in [5.41, 5.74) is 6.96. The highest BCUT2D eigenvalue weighted by atomic mass is 16.1. The van der Waals surface area contributed by atoms with Crippen LogP contribution in [-0.2, 0) is 0 Å². The number of hydrogen-bond donors (Lipinski definition) is 1. The van der Waals surface area contributed by atoms with Gasteiger partial charge in [-0.2, -0.15) is 0 Å². The Morgan fingerprint density at radius 3 is 2.53 bits per heavy atom. The van der Waals surface area contributed by atoms with Gasteiger partial charge in [-0.3, -0.25) is 9.69 Å². The number of carbonyl (C=O) groups excluding carboxylic acids is 1. The quantitative estimate of drug-likeness (QED) is 0.590. The second kappa shape index (κ2) is 5.51. The van der Waals surface area contributed by atoms with Gasteiger partial charge in [-0.15, -0.1) is 0 Å². The molecule has 0 unspecified atom stereocenters. The minimum absolute atomic E-state index is 0.131. The number of ketones is 1. The van der Waals surface area contributed by atoms with Gasteiger partial charge in [0.25, 0.3) is 0 Å². The van der Waals surface area contributed by atoms with Crippen molar-refractivity contribution in [1.29, 1.82) is 0 Å². The Labute approximate surface area is 90.9 Å². The number of rotatable bonds is 5. The molecule has 1 rings (SSSR count). The molecule has 2 N–H and O–H groups in total. The van der Waals surface area contributed by atoms with Crippen LogP contribution in [0.1, 0.15) is 24.2 Å². The fraction of sp³-hybridized carbons (Fsp3) is 0.417. The molecule has 0 aliphatic heterocycles. The van der Waals surface area contributed by atoms with Crippen LogP contribution in [0, 0.1) is 0 Å². The first-order chi connectivity index (χ1) is 7.17. The fourth-order valence-corrected chi connectivity index (χ4v) is 1.45. The third kappa shape index (κ3) is 3.36. The van der Waals surface area contributed by atoms with Crippen LogP contribution in [0.5, 0.6) is 0 Å². The van der Waals surface area contributed by atoms with Crippen molar-refractivity contribution >= 4 is 11.5 Å². The second-order valence-corrected chi connectivity index (χ2v) is 3.51. The number of likely N-dealkylation sites (N-methyl/N-ethyl adjacent to an activating group) is 1.